The maximum Gasteiger partial charge on any atom is 0.165 e. The predicted molar refractivity (Wildman–Crippen MR) is 96.8 cm³/mol. The van der Waals surface area contributed by atoms with E-state index in [1.54, 1.807) is 11.0 Å². The van der Waals surface area contributed by atoms with Crippen molar-refractivity contribution < 1.29 is 30.6 Å². The molecule has 1 aromatic carbocycles. The second kappa shape index (κ2) is 5.17. The van der Waals surface area contributed by atoms with Crippen molar-refractivity contribution in [2.75, 3.05) is 13.0 Å². The number of hydrogen-bond acceptors (Lipinski definition) is 6. The molecule has 1 saturated heterocycles. The molecule has 0 aromatic heterocycles. The Labute approximate surface area is 164 Å². The summed E-state index contributed by atoms with van der Waals surface area (Å²) in [5.41, 5.74) is -1.06. The van der Waals surface area contributed by atoms with E-state index in [1.807, 2.05) is 0 Å². The minimum Gasteiger partial charge on any atom is -0.504 e. The molecule has 3 fully saturated rings. The van der Waals surface area contributed by atoms with E-state index in [0.29, 0.717) is 12.0 Å². The molecule has 1 aromatic rings. The number of likely N-dealkylation sites (tertiary alicyclic amines) is 1. The Morgan fingerprint density at radius 3 is 2.89 bits per heavy atom. The Morgan fingerprint density at radius 2 is 2.11 bits per heavy atom. The van der Waals surface area contributed by atoms with Crippen LogP contribution in [0.5, 0.6) is 11.5 Å². The van der Waals surface area contributed by atoms with Gasteiger partial charge in [0.1, 0.15) is 6.10 Å². The lowest BCUT2D eigenvalue weighted by Crippen LogP contribution is -2.77. The number of aromatic hydroxyl groups is 1. The van der Waals surface area contributed by atoms with Crippen molar-refractivity contribution in [3.8, 4) is 11.5 Å². The predicted octanol–water partition coefficient (Wildman–Crippen LogP) is 0.678. The molecule has 6 nitrogen and oxygen atoms in total. The van der Waals surface area contributed by atoms with Crippen molar-refractivity contribution >= 4 is 0 Å². The maximum absolute atomic E-state index is 12.2. The van der Waals surface area contributed by atoms with Gasteiger partial charge in [-0.2, -0.15) is 0 Å². The van der Waals surface area contributed by atoms with Gasteiger partial charge in [0, 0.05) is 20.8 Å². The fourth-order valence-electron chi connectivity index (χ4n) is 6.33. The molecule has 146 valence electrons. The normalized spacial score (nSPS) is 55.3. The lowest BCUT2D eigenvalue weighted by Gasteiger charge is -2.64. The Kier molecular flexibility index (Phi) is 2.49. The van der Waals surface area contributed by atoms with Crippen LogP contribution in [0.15, 0.2) is 12.1 Å². The fraction of sp³-hybridized carbons (Fsp3) is 0.714. The third-order valence-electron chi connectivity index (χ3n) is 7.59. The molecule has 6 heteroatoms. The van der Waals surface area contributed by atoms with E-state index in [0.717, 1.165) is 5.56 Å². The molecule has 0 unspecified atom stereocenters. The summed E-state index contributed by atoms with van der Waals surface area (Å²) < 4.78 is 40.0. The van der Waals surface area contributed by atoms with Gasteiger partial charge in [-0.15, -0.1) is 0 Å². The number of benzene rings is 1. The van der Waals surface area contributed by atoms with Gasteiger partial charge in [0.25, 0.3) is 0 Å². The van der Waals surface area contributed by atoms with Crippen molar-refractivity contribution in [3.05, 3.63) is 23.3 Å². The van der Waals surface area contributed by atoms with Crippen molar-refractivity contribution in [2.45, 2.75) is 73.8 Å². The Morgan fingerprint density at radius 1 is 1.30 bits per heavy atom. The lowest BCUT2D eigenvalue weighted by molar-refractivity contribution is -0.210. The van der Waals surface area contributed by atoms with E-state index in [1.165, 1.54) is 6.07 Å². The molecule has 6 rings (SSSR count). The Hall–Kier alpha value is -1.34. The average molecular weight is 377 g/mol. The molecule has 5 aliphatic rings. The largest absolute Gasteiger partial charge is 0.504 e. The molecule has 5 atom stereocenters. The van der Waals surface area contributed by atoms with Gasteiger partial charge in [0.15, 0.2) is 11.5 Å². The van der Waals surface area contributed by atoms with Crippen LogP contribution >= 0.6 is 0 Å². The topological polar surface area (TPSA) is 93.4 Å². The van der Waals surface area contributed by atoms with Crippen molar-refractivity contribution in [2.24, 2.45) is 5.92 Å². The zero-order valence-electron chi connectivity index (χ0n) is 19.0. The van der Waals surface area contributed by atoms with Crippen LogP contribution in [0.25, 0.3) is 0 Å². The standard InChI is InChI=1S/C21H27NO5/c23-13-7-11(8-13)10-22-6-5-20-17-12-1-2-14(24)18(17)27-19(20)15(25)3-4-21(20,26)16(22)9-12/h1-2,11,13,15-16,19,23-26H,3-10H2/t11?,13?,15-,16+,19-,20-,21+/m0/s1/i10D2,13D,15D. The van der Waals surface area contributed by atoms with Gasteiger partial charge >= 0.3 is 0 Å². The van der Waals surface area contributed by atoms with Crippen LogP contribution < -0.4 is 4.74 Å². The van der Waals surface area contributed by atoms with Gasteiger partial charge in [-0.1, -0.05) is 6.07 Å². The zero-order chi connectivity index (χ0) is 22.2. The van der Waals surface area contributed by atoms with E-state index < -0.39 is 47.7 Å². The first-order valence-corrected chi connectivity index (χ1v) is 9.79. The van der Waals surface area contributed by atoms with Crippen LogP contribution in [-0.2, 0) is 11.8 Å². The van der Waals surface area contributed by atoms with Crippen molar-refractivity contribution in [3.63, 3.8) is 0 Å². The van der Waals surface area contributed by atoms with Gasteiger partial charge < -0.3 is 25.2 Å². The van der Waals surface area contributed by atoms with E-state index >= 15 is 0 Å². The molecule has 3 aliphatic carbocycles. The number of piperidine rings is 1. The Balaban J connectivity index is 1.50. The smallest absolute Gasteiger partial charge is 0.165 e. The van der Waals surface area contributed by atoms with Gasteiger partial charge in [0.2, 0.25) is 0 Å². The molecule has 2 saturated carbocycles. The monoisotopic (exact) mass is 377 g/mol. The summed E-state index contributed by atoms with van der Waals surface area (Å²) in [4.78, 5) is 1.68. The SMILES string of the molecule is [2H]C1(O)CC(C([2H])([2H])N2CC[C@]34c5c6ccc(O)c5O[C@H]3[C@@]([2H])(O)CC[C@@]4(O)[C@H]2C6)C1. The summed E-state index contributed by atoms with van der Waals surface area (Å²) >= 11 is 0. The molecule has 0 radical (unpaired) electrons. The summed E-state index contributed by atoms with van der Waals surface area (Å²) in [5, 5.41) is 43.4. The highest BCUT2D eigenvalue weighted by Gasteiger charge is 2.72. The van der Waals surface area contributed by atoms with Crippen LogP contribution in [0.1, 0.15) is 48.7 Å². The molecular formula is C21H27NO5. The van der Waals surface area contributed by atoms with Crippen LogP contribution in [-0.4, -0.2) is 68.3 Å². The highest BCUT2D eigenvalue weighted by Crippen LogP contribution is 2.65. The third kappa shape index (κ3) is 1.85. The maximum atomic E-state index is 12.2. The molecule has 0 amide bonds. The highest BCUT2D eigenvalue weighted by molar-refractivity contribution is 5.62. The lowest BCUT2D eigenvalue weighted by atomic mass is 9.48. The summed E-state index contributed by atoms with van der Waals surface area (Å²) in [6.45, 7) is -1.55. The van der Waals surface area contributed by atoms with Gasteiger partial charge in [-0.3, -0.25) is 4.90 Å². The second-order valence-corrected chi connectivity index (χ2v) is 8.80. The minimum atomic E-state index is -1.94. The fourth-order valence-corrected chi connectivity index (χ4v) is 6.33. The van der Waals surface area contributed by atoms with E-state index in [4.69, 9.17) is 10.2 Å². The number of nitrogens with zero attached hydrogens (tertiary/aromatic N) is 1. The number of ether oxygens (including phenoxy) is 1. The van der Waals surface area contributed by atoms with Crippen LogP contribution in [0.3, 0.4) is 0 Å². The molecular weight excluding hydrogens is 346 g/mol. The first-order valence-electron chi connectivity index (χ1n) is 11.8. The Bertz CT molecular complexity index is 979. The summed E-state index contributed by atoms with van der Waals surface area (Å²) in [5.74, 6) is -0.375. The highest BCUT2D eigenvalue weighted by atomic mass is 16.5. The first kappa shape index (κ1) is 13.0. The number of phenolic OH excluding ortho intramolecular Hbond substituents is 1. The first-order chi connectivity index (χ1) is 14.3. The quantitative estimate of drug-likeness (QED) is 0.606. The summed E-state index contributed by atoms with van der Waals surface area (Å²) in [6.07, 6.45) is -3.80. The van der Waals surface area contributed by atoms with E-state index in [-0.39, 0.29) is 50.1 Å². The summed E-state index contributed by atoms with van der Waals surface area (Å²) in [7, 11) is 0. The number of rotatable bonds is 2. The van der Waals surface area contributed by atoms with Crippen molar-refractivity contribution in [1.82, 2.24) is 4.90 Å². The molecule has 2 heterocycles. The van der Waals surface area contributed by atoms with Crippen LogP contribution in [0, 0.1) is 5.92 Å². The van der Waals surface area contributed by atoms with E-state index in [2.05, 4.69) is 0 Å². The molecule has 1 spiro atoms. The minimum absolute atomic E-state index is 0.0246. The second-order valence-electron chi connectivity index (χ2n) is 8.80. The van der Waals surface area contributed by atoms with E-state index in [9.17, 15) is 20.4 Å². The molecule has 27 heavy (non-hydrogen) atoms. The molecule has 4 N–H and O–H groups in total. The number of phenols is 1. The molecule has 2 bridgehead atoms. The van der Waals surface area contributed by atoms with Crippen LogP contribution in [0.2, 0.25) is 0 Å². The zero-order valence-corrected chi connectivity index (χ0v) is 15.0. The van der Waals surface area contributed by atoms with Gasteiger partial charge in [-0.25, -0.2) is 0 Å². The molecule has 2 aliphatic heterocycles. The van der Waals surface area contributed by atoms with Crippen LogP contribution in [0.4, 0.5) is 0 Å². The third-order valence-corrected chi connectivity index (χ3v) is 7.59. The van der Waals surface area contributed by atoms with Gasteiger partial charge in [-0.05, 0) is 62.6 Å². The average Bonchev–Trinajstić information content (AvgIpc) is 3.01. The van der Waals surface area contributed by atoms with Gasteiger partial charge in [0.05, 0.1) is 25.9 Å². The van der Waals surface area contributed by atoms with Crippen molar-refractivity contribution in [1.29, 1.82) is 0 Å². The summed E-state index contributed by atoms with van der Waals surface area (Å²) in [6, 6.07) is 2.66. The number of aliphatic hydroxyl groups is 3. The number of hydrogen-bond donors (Lipinski definition) is 4.